The highest BCUT2D eigenvalue weighted by Crippen LogP contribution is 2.38. The predicted molar refractivity (Wildman–Crippen MR) is 146 cm³/mol. The number of carbonyl (C=O) groups is 1. The fourth-order valence-corrected chi connectivity index (χ4v) is 5.69. The molecule has 0 aromatic heterocycles. The zero-order valence-corrected chi connectivity index (χ0v) is 23.5. The highest BCUT2D eigenvalue weighted by Gasteiger charge is 2.39. The zero-order chi connectivity index (χ0) is 28.1. The Kier molecular flexibility index (Phi) is 9.45. The maximum absolute atomic E-state index is 13.4. The summed E-state index contributed by atoms with van der Waals surface area (Å²) in [5, 5.41) is 13.1. The molecule has 0 aliphatic carbocycles. The number of hydrogen-bond donors (Lipinski definition) is 3. The lowest BCUT2D eigenvalue weighted by atomic mass is 9.81. The summed E-state index contributed by atoms with van der Waals surface area (Å²) in [4.78, 5) is 12.3. The molecule has 38 heavy (non-hydrogen) atoms. The van der Waals surface area contributed by atoms with Gasteiger partial charge in [-0.05, 0) is 55.5 Å². The van der Waals surface area contributed by atoms with Crippen molar-refractivity contribution in [2.75, 3.05) is 26.3 Å². The number of nitrogens with zero attached hydrogens (tertiary/aromatic N) is 1. The van der Waals surface area contributed by atoms with Crippen LogP contribution in [0.3, 0.4) is 0 Å². The largest absolute Gasteiger partial charge is 0.491 e. The standard InChI is InChI=1S/C28H39N3O6S/c1-19(2)15-30-16-23(29)18-37-26(28(4,5)27(32)33)21-11-10-20(3)22(14-21)17-31-12-13-36-24-8-6-7-9-25(24)38(31,34)35/h6-11,14,16,19,26,30H,12-13,15,17-18,29H2,1-5H3,(H,32,33)/b23-16-. The Bertz CT molecular complexity index is 1270. The molecule has 1 atom stereocenters. The van der Waals surface area contributed by atoms with Crippen molar-refractivity contribution in [1.29, 1.82) is 0 Å². The summed E-state index contributed by atoms with van der Waals surface area (Å²) < 4.78 is 40.0. The van der Waals surface area contributed by atoms with Gasteiger partial charge in [-0.25, -0.2) is 8.42 Å². The number of rotatable bonds is 11. The fraction of sp³-hybridized carbons (Fsp3) is 0.464. The molecule has 0 fully saturated rings. The number of carboxylic acid groups (broad SMARTS) is 1. The van der Waals surface area contributed by atoms with E-state index in [4.69, 9.17) is 15.2 Å². The van der Waals surface area contributed by atoms with Gasteiger partial charge in [-0.1, -0.05) is 44.2 Å². The number of para-hydroxylation sites is 1. The van der Waals surface area contributed by atoms with Crippen molar-refractivity contribution in [3.8, 4) is 5.75 Å². The molecule has 0 saturated carbocycles. The Morgan fingerprint density at radius 3 is 2.66 bits per heavy atom. The Morgan fingerprint density at radius 2 is 1.97 bits per heavy atom. The van der Waals surface area contributed by atoms with Crippen molar-refractivity contribution in [1.82, 2.24) is 9.62 Å². The third-order valence-corrected chi connectivity index (χ3v) is 8.41. The molecule has 2 aromatic rings. The maximum Gasteiger partial charge on any atom is 0.312 e. The number of carboxylic acids is 1. The monoisotopic (exact) mass is 545 g/mol. The molecule has 1 heterocycles. The van der Waals surface area contributed by atoms with Gasteiger partial charge >= 0.3 is 5.97 Å². The van der Waals surface area contributed by atoms with Gasteiger partial charge < -0.3 is 25.6 Å². The van der Waals surface area contributed by atoms with E-state index in [9.17, 15) is 18.3 Å². The highest BCUT2D eigenvalue weighted by atomic mass is 32.2. The van der Waals surface area contributed by atoms with Gasteiger partial charge in [0.1, 0.15) is 17.3 Å². The van der Waals surface area contributed by atoms with Crippen LogP contribution in [-0.2, 0) is 26.1 Å². The molecule has 0 radical (unpaired) electrons. The van der Waals surface area contributed by atoms with Crippen molar-refractivity contribution < 1.29 is 27.8 Å². The second kappa shape index (κ2) is 12.2. The molecule has 4 N–H and O–H groups in total. The minimum atomic E-state index is -3.79. The van der Waals surface area contributed by atoms with Gasteiger partial charge in [-0.3, -0.25) is 4.79 Å². The second-order valence-electron chi connectivity index (χ2n) is 10.6. The lowest BCUT2D eigenvalue weighted by Crippen LogP contribution is -2.34. The lowest BCUT2D eigenvalue weighted by Gasteiger charge is -2.31. The lowest BCUT2D eigenvalue weighted by molar-refractivity contribution is -0.156. The van der Waals surface area contributed by atoms with Gasteiger partial charge in [-0.2, -0.15) is 4.31 Å². The Balaban J connectivity index is 1.90. The molecule has 3 rings (SSSR count). The summed E-state index contributed by atoms with van der Waals surface area (Å²) in [7, 11) is -3.79. The minimum absolute atomic E-state index is 0.0321. The number of sulfonamides is 1. The van der Waals surface area contributed by atoms with Gasteiger partial charge in [0.2, 0.25) is 10.0 Å². The summed E-state index contributed by atoms with van der Waals surface area (Å²) >= 11 is 0. The van der Waals surface area contributed by atoms with Gasteiger partial charge in [-0.15, -0.1) is 0 Å². The Labute approximate surface area is 225 Å². The van der Waals surface area contributed by atoms with Gasteiger partial charge in [0.15, 0.2) is 0 Å². The molecule has 0 spiro atoms. The quantitative estimate of drug-likeness (QED) is 0.389. The molecule has 1 unspecified atom stereocenters. The van der Waals surface area contributed by atoms with Crippen LogP contribution in [0.2, 0.25) is 0 Å². The van der Waals surface area contributed by atoms with Crippen molar-refractivity contribution in [2.45, 2.75) is 52.2 Å². The van der Waals surface area contributed by atoms with Crippen LogP contribution in [-0.4, -0.2) is 50.1 Å². The molecular formula is C28H39N3O6S. The molecular weight excluding hydrogens is 506 g/mol. The number of aryl methyl sites for hydroxylation is 1. The van der Waals surface area contributed by atoms with E-state index in [0.717, 1.165) is 17.7 Å². The van der Waals surface area contributed by atoms with E-state index in [1.165, 1.54) is 4.31 Å². The average molecular weight is 546 g/mol. The van der Waals surface area contributed by atoms with E-state index >= 15 is 0 Å². The molecule has 9 nitrogen and oxygen atoms in total. The average Bonchev–Trinajstić information content (AvgIpc) is 2.96. The molecule has 0 amide bonds. The fourth-order valence-electron chi connectivity index (χ4n) is 4.16. The first-order valence-corrected chi connectivity index (χ1v) is 14.1. The molecule has 0 saturated heterocycles. The van der Waals surface area contributed by atoms with E-state index in [2.05, 4.69) is 19.2 Å². The van der Waals surface area contributed by atoms with E-state index in [-0.39, 0.29) is 31.2 Å². The van der Waals surface area contributed by atoms with E-state index in [1.54, 1.807) is 44.3 Å². The van der Waals surface area contributed by atoms with E-state index in [1.807, 2.05) is 25.1 Å². The summed E-state index contributed by atoms with van der Waals surface area (Å²) in [5.74, 6) is -0.239. The summed E-state index contributed by atoms with van der Waals surface area (Å²) in [5.41, 5.74) is 7.54. The number of aliphatic carboxylic acids is 1. The van der Waals surface area contributed by atoms with Crippen molar-refractivity contribution >= 4 is 16.0 Å². The van der Waals surface area contributed by atoms with Gasteiger partial charge in [0.05, 0.1) is 23.8 Å². The molecule has 2 aromatic carbocycles. The second-order valence-corrected chi connectivity index (χ2v) is 12.5. The minimum Gasteiger partial charge on any atom is -0.491 e. The first kappa shape index (κ1) is 29.5. The van der Waals surface area contributed by atoms with Crippen LogP contribution >= 0.6 is 0 Å². The topological polar surface area (TPSA) is 131 Å². The maximum atomic E-state index is 13.4. The number of nitrogens with two attached hydrogens (primary N) is 1. The Morgan fingerprint density at radius 1 is 1.26 bits per heavy atom. The van der Waals surface area contributed by atoms with Crippen molar-refractivity contribution in [3.05, 3.63) is 71.1 Å². The van der Waals surface area contributed by atoms with Gasteiger partial charge in [0.25, 0.3) is 0 Å². The number of benzene rings is 2. The first-order chi connectivity index (χ1) is 17.8. The molecule has 0 bridgehead atoms. The SMILES string of the molecule is Cc1ccc(C(OC/C(N)=C/NCC(C)C)C(C)(C)C(=O)O)cc1CN1CCOc2ccccc2S1(=O)=O. The number of ether oxygens (including phenoxy) is 2. The van der Waals surface area contributed by atoms with Crippen LogP contribution in [0.1, 0.15) is 50.5 Å². The van der Waals surface area contributed by atoms with Gasteiger partial charge in [0, 0.05) is 25.8 Å². The molecule has 10 heteroatoms. The number of fused-ring (bicyclic) bond motifs is 1. The number of hydrogen-bond acceptors (Lipinski definition) is 7. The van der Waals surface area contributed by atoms with E-state index < -0.39 is 27.5 Å². The summed E-state index contributed by atoms with van der Waals surface area (Å²) in [6, 6.07) is 12.1. The highest BCUT2D eigenvalue weighted by molar-refractivity contribution is 7.89. The Hall–Kier alpha value is -3.08. The van der Waals surface area contributed by atoms with Crippen LogP contribution in [0.5, 0.6) is 5.75 Å². The molecule has 208 valence electrons. The normalized spacial score (nSPS) is 16.8. The summed E-state index contributed by atoms with van der Waals surface area (Å²) in [6.07, 6.45) is 0.844. The number of nitrogens with one attached hydrogen (secondary N) is 1. The van der Waals surface area contributed by atoms with Crippen LogP contribution < -0.4 is 15.8 Å². The van der Waals surface area contributed by atoms with Crippen molar-refractivity contribution in [3.63, 3.8) is 0 Å². The van der Waals surface area contributed by atoms with E-state index in [0.29, 0.717) is 22.9 Å². The molecule has 1 aliphatic rings. The van der Waals surface area contributed by atoms with Crippen LogP contribution in [0.25, 0.3) is 0 Å². The molecule has 1 aliphatic heterocycles. The van der Waals surface area contributed by atoms with Crippen LogP contribution in [0.4, 0.5) is 0 Å². The zero-order valence-electron chi connectivity index (χ0n) is 22.7. The summed E-state index contributed by atoms with van der Waals surface area (Å²) in [6.45, 7) is 10.6. The smallest absolute Gasteiger partial charge is 0.312 e. The third kappa shape index (κ3) is 6.86. The van der Waals surface area contributed by atoms with Crippen LogP contribution in [0, 0.1) is 18.3 Å². The van der Waals surface area contributed by atoms with Crippen molar-refractivity contribution in [2.24, 2.45) is 17.1 Å². The third-order valence-electron chi connectivity index (χ3n) is 6.52. The van der Waals surface area contributed by atoms with Crippen LogP contribution in [0.15, 0.2) is 59.3 Å². The predicted octanol–water partition coefficient (Wildman–Crippen LogP) is 3.79. The first-order valence-electron chi connectivity index (χ1n) is 12.7.